The summed E-state index contributed by atoms with van der Waals surface area (Å²) in [7, 11) is 0. The zero-order valence-electron chi connectivity index (χ0n) is 9.81. The maximum Gasteiger partial charge on any atom is 0.146 e. The summed E-state index contributed by atoms with van der Waals surface area (Å²) >= 11 is 9.37. The SMILES string of the molecule is Cc1ccc(NCc2cc(Cl)ccc2Br)c(F)c1. The van der Waals surface area contributed by atoms with Gasteiger partial charge < -0.3 is 5.32 Å². The summed E-state index contributed by atoms with van der Waals surface area (Å²) in [5, 5.41) is 3.73. The van der Waals surface area contributed by atoms with Gasteiger partial charge in [0.25, 0.3) is 0 Å². The van der Waals surface area contributed by atoms with E-state index in [-0.39, 0.29) is 5.82 Å². The minimum absolute atomic E-state index is 0.242. The molecule has 0 heterocycles. The lowest BCUT2D eigenvalue weighted by Gasteiger charge is -2.10. The lowest BCUT2D eigenvalue weighted by Crippen LogP contribution is -2.02. The summed E-state index contributed by atoms with van der Waals surface area (Å²) in [6.45, 7) is 2.38. The minimum atomic E-state index is -0.242. The summed E-state index contributed by atoms with van der Waals surface area (Å²) in [6, 6.07) is 10.7. The molecular formula is C14H12BrClFN. The van der Waals surface area contributed by atoms with E-state index in [0.717, 1.165) is 15.6 Å². The molecule has 94 valence electrons. The average Bonchev–Trinajstić information content (AvgIpc) is 2.32. The van der Waals surface area contributed by atoms with Crippen LogP contribution in [0, 0.1) is 12.7 Å². The van der Waals surface area contributed by atoms with E-state index in [4.69, 9.17) is 11.6 Å². The molecule has 2 aromatic rings. The molecule has 0 spiro atoms. The zero-order valence-corrected chi connectivity index (χ0v) is 12.1. The Bertz CT molecular complexity index is 572. The molecular weight excluding hydrogens is 317 g/mol. The van der Waals surface area contributed by atoms with Crippen LogP contribution in [0.5, 0.6) is 0 Å². The summed E-state index contributed by atoms with van der Waals surface area (Å²) in [5.74, 6) is -0.242. The molecule has 0 atom stereocenters. The number of anilines is 1. The van der Waals surface area contributed by atoms with Crippen molar-refractivity contribution in [2.75, 3.05) is 5.32 Å². The predicted octanol–water partition coefficient (Wildman–Crippen LogP) is 5.16. The van der Waals surface area contributed by atoms with Gasteiger partial charge in [-0.05, 0) is 48.4 Å². The van der Waals surface area contributed by atoms with Crippen molar-refractivity contribution in [2.45, 2.75) is 13.5 Å². The Kier molecular flexibility index (Phi) is 4.25. The Morgan fingerprint density at radius 1 is 1.22 bits per heavy atom. The van der Waals surface area contributed by atoms with Crippen molar-refractivity contribution in [1.82, 2.24) is 0 Å². The fourth-order valence-corrected chi connectivity index (χ4v) is 2.21. The molecule has 0 saturated heterocycles. The van der Waals surface area contributed by atoms with Crippen LogP contribution in [-0.2, 0) is 6.54 Å². The quantitative estimate of drug-likeness (QED) is 0.820. The van der Waals surface area contributed by atoms with Crippen LogP contribution in [0.25, 0.3) is 0 Å². The largest absolute Gasteiger partial charge is 0.379 e. The monoisotopic (exact) mass is 327 g/mol. The number of rotatable bonds is 3. The summed E-state index contributed by atoms with van der Waals surface area (Å²) in [6.07, 6.45) is 0. The van der Waals surface area contributed by atoms with Gasteiger partial charge in [0, 0.05) is 16.0 Å². The average molecular weight is 329 g/mol. The van der Waals surface area contributed by atoms with Crippen molar-refractivity contribution in [3.63, 3.8) is 0 Å². The third-order valence-corrected chi connectivity index (χ3v) is 3.61. The van der Waals surface area contributed by atoms with Gasteiger partial charge in [-0.25, -0.2) is 4.39 Å². The molecule has 0 aliphatic carbocycles. The second kappa shape index (κ2) is 5.72. The van der Waals surface area contributed by atoms with Gasteiger partial charge in [-0.3, -0.25) is 0 Å². The van der Waals surface area contributed by atoms with Gasteiger partial charge in [0.1, 0.15) is 5.82 Å². The van der Waals surface area contributed by atoms with E-state index >= 15 is 0 Å². The number of hydrogen-bond acceptors (Lipinski definition) is 1. The fourth-order valence-electron chi connectivity index (χ4n) is 1.63. The van der Waals surface area contributed by atoms with Crippen LogP contribution in [0.3, 0.4) is 0 Å². The van der Waals surface area contributed by atoms with Gasteiger partial charge in [-0.1, -0.05) is 33.6 Å². The normalized spacial score (nSPS) is 10.4. The van der Waals surface area contributed by atoms with Crippen molar-refractivity contribution in [1.29, 1.82) is 0 Å². The highest BCUT2D eigenvalue weighted by Crippen LogP contribution is 2.23. The zero-order chi connectivity index (χ0) is 13.1. The number of halogens is 3. The van der Waals surface area contributed by atoms with Crippen LogP contribution in [0.15, 0.2) is 40.9 Å². The Morgan fingerprint density at radius 3 is 2.72 bits per heavy atom. The van der Waals surface area contributed by atoms with Crippen molar-refractivity contribution in [2.24, 2.45) is 0 Å². The molecule has 18 heavy (non-hydrogen) atoms. The molecule has 0 aliphatic rings. The first-order valence-corrected chi connectivity index (χ1v) is 6.67. The topological polar surface area (TPSA) is 12.0 Å². The molecule has 0 radical (unpaired) electrons. The lowest BCUT2D eigenvalue weighted by molar-refractivity contribution is 0.629. The van der Waals surface area contributed by atoms with Crippen LogP contribution in [0.1, 0.15) is 11.1 Å². The van der Waals surface area contributed by atoms with Crippen molar-refractivity contribution < 1.29 is 4.39 Å². The number of aryl methyl sites for hydroxylation is 1. The number of benzene rings is 2. The smallest absolute Gasteiger partial charge is 0.146 e. The molecule has 2 rings (SSSR count). The van der Waals surface area contributed by atoms with E-state index in [1.165, 1.54) is 6.07 Å². The molecule has 0 unspecified atom stereocenters. The van der Waals surface area contributed by atoms with Crippen LogP contribution in [0.4, 0.5) is 10.1 Å². The van der Waals surface area contributed by atoms with E-state index in [1.807, 2.05) is 31.2 Å². The van der Waals surface area contributed by atoms with E-state index in [9.17, 15) is 4.39 Å². The highest BCUT2D eigenvalue weighted by molar-refractivity contribution is 9.10. The minimum Gasteiger partial charge on any atom is -0.379 e. The third-order valence-electron chi connectivity index (χ3n) is 2.60. The lowest BCUT2D eigenvalue weighted by atomic mass is 10.2. The highest BCUT2D eigenvalue weighted by atomic mass is 79.9. The molecule has 0 aliphatic heterocycles. The fraction of sp³-hybridized carbons (Fsp3) is 0.143. The van der Waals surface area contributed by atoms with Crippen LogP contribution < -0.4 is 5.32 Å². The van der Waals surface area contributed by atoms with Crippen molar-refractivity contribution >= 4 is 33.2 Å². The summed E-state index contributed by atoms with van der Waals surface area (Å²) in [4.78, 5) is 0. The van der Waals surface area contributed by atoms with Gasteiger partial charge in [0.2, 0.25) is 0 Å². The van der Waals surface area contributed by atoms with Crippen LogP contribution in [0.2, 0.25) is 5.02 Å². The molecule has 0 bridgehead atoms. The van der Waals surface area contributed by atoms with Gasteiger partial charge in [-0.2, -0.15) is 0 Å². The standard InChI is InChI=1S/C14H12BrClFN/c1-9-2-5-14(13(17)6-9)18-8-10-7-11(16)3-4-12(10)15/h2-7,18H,8H2,1H3. The molecule has 2 aromatic carbocycles. The number of nitrogens with one attached hydrogen (secondary N) is 1. The van der Waals surface area contributed by atoms with E-state index < -0.39 is 0 Å². The van der Waals surface area contributed by atoms with Gasteiger partial charge in [0.15, 0.2) is 0 Å². The van der Waals surface area contributed by atoms with E-state index in [1.54, 1.807) is 6.07 Å². The van der Waals surface area contributed by atoms with E-state index in [0.29, 0.717) is 17.3 Å². The molecule has 0 aromatic heterocycles. The Balaban J connectivity index is 2.13. The van der Waals surface area contributed by atoms with Gasteiger partial charge in [0.05, 0.1) is 5.69 Å². The summed E-state index contributed by atoms with van der Waals surface area (Å²) in [5.41, 5.74) is 2.39. The number of hydrogen-bond donors (Lipinski definition) is 1. The van der Waals surface area contributed by atoms with Crippen LogP contribution in [-0.4, -0.2) is 0 Å². The Morgan fingerprint density at radius 2 is 2.00 bits per heavy atom. The first-order valence-electron chi connectivity index (χ1n) is 5.50. The molecule has 0 amide bonds. The Labute approximate surface area is 119 Å². The summed E-state index contributed by atoms with van der Waals surface area (Å²) < 4.78 is 14.6. The van der Waals surface area contributed by atoms with Gasteiger partial charge in [-0.15, -0.1) is 0 Å². The van der Waals surface area contributed by atoms with Gasteiger partial charge >= 0.3 is 0 Å². The highest BCUT2D eigenvalue weighted by Gasteiger charge is 2.04. The van der Waals surface area contributed by atoms with E-state index in [2.05, 4.69) is 21.2 Å². The second-order valence-corrected chi connectivity index (χ2v) is 5.36. The third kappa shape index (κ3) is 3.24. The van der Waals surface area contributed by atoms with Crippen molar-refractivity contribution in [3.8, 4) is 0 Å². The molecule has 0 fully saturated rings. The second-order valence-electron chi connectivity index (χ2n) is 4.07. The maximum absolute atomic E-state index is 13.6. The van der Waals surface area contributed by atoms with Crippen molar-refractivity contribution in [3.05, 3.63) is 62.8 Å². The molecule has 1 N–H and O–H groups in total. The molecule has 4 heteroatoms. The first-order chi connectivity index (χ1) is 8.56. The van der Waals surface area contributed by atoms with Crippen LogP contribution >= 0.6 is 27.5 Å². The molecule has 1 nitrogen and oxygen atoms in total. The molecule has 0 saturated carbocycles. The maximum atomic E-state index is 13.6. The first kappa shape index (κ1) is 13.4. The Hall–Kier alpha value is -1.06. The predicted molar refractivity (Wildman–Crippen MR) is 77.6 cm³/mol.